The molecule has 1 rings (SSSR count). The third kappa shape index (κ3) is 7.88. The van der Waals surface area contributed by atoms with E-state index in [1.165, 1.54) is 50.5 Å². The summed E-state index contributed by atoms with van der Waals surface area (Å²) in [5.41, 5.74) is 1.43. The minimum Gasteiger partial charge on any atom is -0.378 e. The predicted molar refractivity (Wildman–Crippen MR) is 79.0 cm³/mol. The van der Waals surface area contributed by atoms with Crippen LogP contribution in [-0.2, 0) is 4.74 Å². The van der Waals surface area contributed by atoms with E-state index in [9.17, 15) is 0 Å². The summed E-state index contributed by atoms with van der Waals surface area (Å²) in [5, 5.41) is 3.61. The molecule has 0 aliphatic carbocycles. The van der Waals surface area contributed by atoms with Crippen LogP contribution in [0.2, 0.25) is 0 Å². The molecule has 1 saturated heterocycles. The van der Waals surface area contributed by atoms with Crippen LogP contribution in [0.4, 0.5) is 0 Å². The van der Waals surface area contributed by atoms with Crippen LogP contribution in [0.5, 0.6) is 0 Å². The van der Waals surface area contributed by atoms with Gasteiger partial charge in [0.2, 0.25) is 0 Å². The smallest absolute Gasteiger partial charge is 0.0576 e. The molecule has 0 aromatic rings. The van der Waals surface area contributed by atoms with E-state index in [2.05, 4.69) is 32.2 Å². The van der Waals surface area contributed by atoms with Gasteiger partial charge in [-0.25, -0.2) is 0 Å². The van der Waals surface area contributed by atoms with Crippen LogP contribution < -0.4 is 5.32 Å². The van der Waals surface area contributed by atoms with Crippen molar-refractivity contribution in [3.05, 3.63) is 11.6 Å². The average Bonchev–Trinajstić information content (AvgIpc) is 2.81. The molecule has 2 heteroatoms. The number of rotatable bonds is 9. The highest BCUT2D eigenvalue weighted by molar-refractivity contribution is 4.93. The summed E-state index contributed by atoms with van der Waals surface area (Å²) in [6.45, 7) is 8.78. The van der Waals surface area contributed by atoms with Crippen molar-refractivity contribution in [2.45, 2.75) is 77.9 Å². The van der Waals surface area contributed by atoms with E-state index in [-0.39, 0.29) is 0 Å². The topological polar surface area (TPSA) is 21.3 Å². The van der Waals surface area contributed by atoms with E-state index in [1.807, 2.05) is 0 Å². The minimum absolute atomic E-state index is 0.570. The van der Waals surface area contributed by atoms with E-state index in [4.69, 9.17) is 4.74 Å². The molecule has 18 heavy (non-hydrogen) atoms. The Bertz CT molecular complexity index is 227. The fourth-order valence-electron chi connectivity index (χ4n) is 2.44. The SMILES string of the molecule is CC(C)=CCCC(C)NCCCCC1CCCO1. The van der Waals surface area contributed by atoms with E-state index in [1.54, 1.807) is 0 Å². The van der Waals surface area contributed by atoms with Gasteiger partial charge in [-0.05, 0) is 72.3 Å². The van der Waals surface area contributed by atoms with Gasteiger partial charge in [-0.2, -0.15) is 0 Å². The zero-order chi connectivity index (χ0) is 13.2. The highest BCUT2D eigenvalue weighted by atomic mass is 16.5. The van der Waals surface area contributed by atoms with Crippen LogP contribution in [0.15, 0.2) is 11.6 Å². The first-order valence-corrected chi connectivity index (χ1v) is 7.67. The third-order valence-electron chi connectivity index (χ3n) is 3.62. The van der Waals surface area contributed by atoms with Crippen LogP contribution >= 0.6 is 0 Å². The summed E-state index contributed by atoms with van der Waals surface area (Å²) in [6.07, 6.45) is 11.7. The molecular formula is C16H31NO. The van der Waals surface area contributed by atoms with Crippen molar-refractivity contribution in [1.82, 2.24) is 5.32 Å². The Hall–Kier alpha value is -0.340. The fraction of sp³-hybridized carbons (Fsp3) is 0.875. The lowest BCUT2D eigenvalue weighted by Gasteiger charge is -2.13. The van der Waals surface area contributed by atoms with Gasteiger partial charge < -0.3 is 10.1 Å². The predicted octanol–water partition coefficient (Wildman–Crippen LogP) is 4.06. The molecule has 106 valence electrons. The number of allylic oxidation sites excluding steroid dienone is 2. The Morgan fingerprint density at radius 3 is 2.89 bits per heavy atom. The lowest BCUT2D eigenvalue weighted by atomic mass is 10.1. The largest absolute Gasteiger partial charge is 0.378 e. The molecule has 2 atom stereocenters. The summed E-state index contributed by atoms with van der Waals surface area (Å²) in [7, 11) is 0. The molecule has 1 aliphatic heterocycles. The number of unbranched alkanes of at least 4 members (excludes halogenated alkanes) is 1. The first-order chi connectivity index (χ1) is 8.68. The number of hydrogen-bond donors (Lipinski definition) is 1. The highest BCUT2D eigenvalue weighted by Gasteiger charge is 2.14. The van der Waals surface area contributed by atoms with Crippen LogP contribution in [0.25, 0.3) is 0 Å². The molecule has 1 aliphatic rings. The summed E-state index contributed by atoms with van der Waals surface area (Å²) in [4.78, 5) is 0. The highest BCUT2D eigenvalue weighted by Crippen LogP contribution is 2.17. The second-order valence-electron chi connectivity index (χ2n) is 5.84. The molecule has 1 fully saturated rings. The average molecular weight is 253 g/mol. The second-order valence-corrected chi connectivity index (χ2v) is 5.84. The number of nitrogens with one attached hydrogen (secondary N) is 1. The maximum atomic E-state index is 5.63. The first kappa shape index (κ1) is 15.7. The first-order valence-electron chi connectivity index (χ1n) is 7.67. The molecule has 0 bridgehead atoms. The zero-order valence-corrected chi connectivity index (χ0v) is 12.5. The van der Waals surface area contributed by atoms with Gasteiger partial charge in [0.05, 0.1) is 6.10 Å². The fourth-order valence-corrected chi connectivity index (χ4v) is 2.44. The molecule has 1 heterocycles. The Morgan fingerprint density at radius 1 is 1.39 bits per heavy atom. The molecule has 0 spiro atoms. The molecule has 0 amide bonds. The lowest BCUT2D eigenvalue weighted by molar-refractivity contribution is 0.102. The lowest BCUT2D eigenvalue weighted by Crippen LogP contribution is -2.26. The molecule has 2 nitrogen and oxygen atoms in total. The molecule has 2 unspecified atom stereocenters. The third-order valence-corrected chi connectivity index (χ3v) is 3.62. The number of hydrogen-bond acceptors (Lipinski definition) is 2. The van der Waals surface area contributed by atoms with Crippen molar-refractivity contribution in [3.8, 4) is 0 Å². The van der Waals surface area contributed by atoms with E-state index < -0.39 is 0 Å². The normalized spacial score (nSPS) is 20.9. The van der Waals surface area contributed by atoms with Crippen molar-refractivity contribution in [1.29, 1.82) is 0 Å². The Morgan fingerprint density at radius 2 is 2.22 bits per heavy atom. The maximum Gasteiger partial charge on any atom is 0.0576 e. The molecule has 0 radical (unpaired) electrons. The molecule has 0 aromatic carbocycles. The van der Waals surface area contributed by atoms with Crippen molar-refractivity contribution >= 4 is 0 Å². The Balaban J connectivity index is 1.88. The van der Waals surface area contributed by atoms with Crippen molar-refractivity contribution in [2.75, 3.05) is 13.2 Å². The van der Waals surface area contributed by atoms with E-state index in [0.29, 0.717) is 12.1 Å². The van der Waals surface area contributed by atoms with Gasteiger partial charge >= 0.3 is 0 Å². The van der Waals surface area contributed by atoms with Gasteiger partial charge in [0, 0.05) is 12.6 Å². The summed E-state index contributed by atoms with van der Waals surface area (Å²) < 4.78 is 5.63. The van der Waals surface area contributed by atoms with E-state index in [0.717, 1.165) is 13.2 Å². The van der Waals surface area contributed by atoms with Crippen LogP contribution in [-0.4, -0.2) is 25.3 Å². The van der Waals surface area contributed by atoms with Crippen LogP contribution in [0.3, 0.4) is 0 Å². The standard InChI is InChI=1S/C16H31NO/c1-14(2)8-6-9-15(3)17-12-5-4-10-16-11-7-13-18-16/h8,15-17H,4-7,9-13H2,1-3H3. The molecule has 0 saturated carbocycles. The quantitative estimate of drug-likeness (QED) is 0.494. The monoisotopic (exact) mass is 253 g/mol. The van der Waals surface area contributed by atoms with Gasteiger partial charge in [-0.3, -0.25) is 0 Å². The Labute approximate surface area is 113 Å². The summed E-state index contributed by atoms with van der Waals surface area (Å²) in [6, 6.07) is 0.642. The van der Waals surface area contributed by atoms with Crippen molar-refractivity contribution in [2.24, 2.45) is 0 Å². The maximum absolute atomic E-state index is 5.63. The van der Waals surface area contributed by atoms with Crippen LogP contribution in [0, 0.1) is 0 Å². The Kier molecular flexibility index (Phi) is 8.36. The van der Waals surface area contributed by atoms with E-state index >= 15 is 0 Å². The van der Waals surface area contributed by atoms with Gasteiger partial charge in [-0.1, -0.05) is 11.6 Å². The summed E-state index contributed by atoms with van der Waals surface area (Å²) in [5.74, 6) is 0. The van der Waals surface area contributed by atoms with Gasteiger partial charge in [-0.15, -0.1) is 0 Å². The molecule has 0 aromatic heterocycles. The molecule has 1 N–H and O–H groups in total. The van der Waals surface area contributed by atoms with Crippen molar-refractivity contribution < 1.29 is 4.74 Å². The van der Waals surface area contributed by atoms with Gasteiger partial charge in [0.1, 0.15) is 0 Å². The number of ether oxygens (including phenoxy) is 1. The molecular weight excluding hydrogens is 222 g/mol. The summed E-state index contributed by atoms with van der Waals surface area (Å²) >= 11 is 0. The van der Waals surface area contributed by atoms with Gasteiger partial charge in [0.15, 0.2) is 0 Å². The second kappa shape index (κ2) is 9.57. The zero-order valence-electron chi connectivity index (χ0n) is 12.5. The van der Waals surface area contributed by atoms with Gasteiger partial charge in [0.25, 0.3) is 0 Å². The van der Waals surface area contributed by atoms with Crippen LogP contribution in [0.1, 0.15) is 65.7 Å². The van der Waals surface area contributed by atoms with Crippen molar-refractivity contribution in [3.63, 3.8) is 0 Å². The minimum atomic E-state index is 0.570.